The number of fused-ring (bicyclic) bond motifs is 7. The lowest BCUT2D eigenvalue weighted by atomic mass is 9.97. The maximum Gasteiger partial charge on any atom is 0.135 e. The first-order valence-corrected chi connectivity index (χ1v) is 18.8. The number of hydrogen-bond donors (Lipinski definition) is 0. The molecule has 0 atom stereocenters. The molecule has 0 N–H and O–H groups in total. The van der Waals surface area contributed by atoms with Crippen LogP contribution in [0.1, 0.15) is 0 Å². The topological polar surface area (TPSA) is 21.3 Å². The van der Waals surface area contributed by atoms with Crippen LogP contribution in [0.3, 0.4) is 0 Å². The molecule has 11 rings (SSSR count). The summed E-state index contributed by atoms with van der Waals surface area (Å²) in [5.41, 5.74) is 13.2. The maximum absolute atomic E-state index is 6.28. The molecule has 258 valence electrons. The molecule has 0 aliphatic heterocycles. The number of furan rings is 1. The molecule has 0 unspecified atom stereocenters. The zero-order valence-corrected chi connectivity index (χ0v) is 29.9. The van der Waals surface area contributed by atoms with E-state index in [1.54, 1.807) is 0 Å². The quantitative estimate of drug-likeness (QED) is 0.172. The first-order valence-electron chi connectivity index (χ1n) is 18.8. The molecule has 3 nitrogen and oxygen atoms in total. The molecule has 0 radical (unpaired) electrons. The SMILES string of the molecule is c1cc(-c2ccc(N(c3ccc4oc5ccccc5c4c3)c3ccccc3-n3c4ccccc4c4ccccc43)cc2)cc(-c2ccc3ccccc3c2)c1. The summed E-state index contributed by atoms with van der Waals surface area (Å²) in [4.78, 5) is 2.38. The number of benzene rings is 9. The van der Waals surface area contributed by atoms with E-state index in [4.69, 9.17) is 4.42 Å². The van der Waals surface area contributed by atoms with Gasteiger partial charge in [-0.25, -0.2) is 0 Å². The molecule has 55 heavy (non-hydrogen) atoms. The van der Waals surface area contributed by atoms with E-state index in [1.165, 1.54) is 54.8 Å². The monoisotopic (exact) mass is 702 g/mol. The zero-order chi connectivity index (χ0) is 36.3. The molecule has 0 bridgehead atoms. The Morgan fingerprint density at radius 3 is 1.73 bits per heavy atom. The minimum absolute atomic E-state index is 0.877. The van der Waals surface area contributed by atoms with Gasteiger partial charge in [-0.2, -0.15) is 0 Å². The molecule has 0 fully saturated rings. The molecule has 2 heterocycles. The molecule has 0 saturated heterocycles. The summed E-state index contributed by atoms with van der Waals surface area (Å²) in [6, 6.07) is 74.1. The first-order chi connectivity index (χ1) is 27.3. The lowest BCUT2D eigenvalue weighted by Gasteiger charge is -2.28. The number of para-hydroxylation sites is 5. The highest BCUT2D eigenvalue weighted by atomic mass is 16.3. The van der Waals surface area contributed by atoms with Crippen LogP contribution in [0.2, 0.25) is 0 Å². The summed E-state index contributed by atoms with van der Waals surface area (Å²) in [6.45, 7) is 0. The fourth-order valence-electron chi connectivity index (χ4n) is 8.35. The van der Waals surface area contributed by atoms with E-state index in [0.29, 0.717) is 0 Å². The van der Waals surface area contributed by atoms with Gasteiger partial charge in [-0.15, -0.1) is 0 Å². The van der Waals surface area contributed by atoms with Gasteiger partial charge in [-0.05, 0) is 106 Å². The van der Waals surface area contributed by atoms with E-state index in [9.17, 15) is 0 Å². The van der Waals surface area contributed by atoms with Gasteiger partial charge in [0.05, 0.1) is 22.4 Å². The second-order valence-electron chi connectivity index (χ2n) is 14.2. The Bertz CT molecular complexity index is 3170. The summed E-state index contributed by atoms with van der Waals surface area (Å²) in [5.74, 6) is 0. The van der Waals surface area contributed by atoms with Gasteiger partial charge in [-0.3, -0.25) is 0 Å². The minimum Gasteiger partial charge on any atom is -0.456 e. The molecule has 0 aliphatic carbocycles. The standard InChI is InChI=1S/C52H34N2O/c1-2-13-37-33-40(25-24-35(37)12-1)39-15-11-14-38(32-39)36-26-28-41(29-27-36)53(42-30-31-52-46(34-42)45-18-5-10-23-51(45)55-52)49-21-8-9-22-50(49)54-47-19-6-3-16-43(47)44-17-4-7-20-48(44)54/h1-34H. The second-order valence-corrected chi connectivity index (χ2v) is 14.2. The zero-order valence-electron chi connectivity index (χ0n) is 29.9. The van der Waals surface area contributed by atoms with Gasteiger partial charge in [0.1, 0.15) is 11.2 Å². The molecule has 11 aromatic rings. The maximum atomic E-state index is 6.28. The van der Waals surface area contributed by atoms with Gasteiger partial charge in [0.15, 0.2) is 0 Å². The van der Waals surface area contributed by atoms with Crippen molar-refractivity contribution in [2.75, 3.05) is 4.90 Å². The van der Waals surface area contributed by atoms with E-state index in [-0.39, 0.29) is 0 Å². The van der Waals surface area contributed by atoms with Crippen LogP contribution >= 0.6 is 0 Å². The van der Waals surface area contributed by atoms with E-state index in [0.717, 1.165) is 44.7 Å². The molecule has 2 aromatic heterocycles. The Labute approximate surface area is 318 Å². The third-order valence-electron chi connectivity index (χ3n) is 11.0. The van der Waals surface area contributed by atoms with Crippen LogP contribution in [0.4, 0.5) is 17.1 Å². The summed E-state index contributed by atoms with van der Waals surface area (Å²) < 4.78 is 8.69. The summed E-state index contributed by atoms with van der Waals surface area (Å²) in [5, 5.41) is 7.17. The van der Waals surface area contributed by atoms with Gasteiger partial charge < -0.3 is 13.9 Å². The predicted molar refractivity (Wildman–Crippen MR) is 231 cm³/mol. The average Bonchev–Trinajstić information content (AvgIpc) is 3.80. The lowest BCUT2D eigenvalue weighted by Crippen LogP contribution is -2.13. The van der Waals surface area contributed by atoms with Crippen molar-refractivity contribution in [1.29, 1.82) is 0 Å². The molecular weight excluding hydrogens is 669 g/mol. The molecule has 0 saturated carbocycles. The second kappa shape index (κ2) is 12.6. The number of hydrogen-bond acceptors (Lipinski definition) is 2. The minimum atomic E-state index is 0.877. The van der Waals surface area contributed by atoms with Crippen LogP contribution < -0.4 is 4.90 Å². The van der Waals surface area contributed by atoms with Gasteiger partial charge in [0, 0.05) is 32.9 Å². The lowest BCUT2D eigenvalue weighted by molar-refractivity contribution is 0.669. The summed E-state index contributed by atoms with van der Waals surface area (Å²) >= 11 is 0. The Hall–Kier alpha value is -7.36. The van der Waals surface area contributed by atoms with Crippen molar-refractivity contribution in [1.82, 2.24) is 4.57 Å². The molecule has 0 spiro atoms. The van der Waals surface area contributed by atoms with Gasteiger partial charge in [0.2, 0.25) is 0 Å². The van der Waals surface area contributed by atoms with Gasteiger partial charge in [-0.1, -0.05) is 133 Å². The molecular formula is C52H34N2O. The normalized spacial score (nSPS) is 11.6. The number of nitrogens with zero attached hydrogens (tertiary/aromatic N) is 2. The third-order valence-corrected chi connectivity index (χ3v) is 11.0. The predicted octanol–water partition coefficient (Wildman–Crippen LogP) is 14.6. The highest BCUT2D eigenvalue weighted by Crippen LogP contribution is 2.43. The van der Waals surface area contributed by atoms with Crippen LogP contribution in [0.25, 0.3) is 82.5 Å². The van der Waals surface area contributed by atoms with Crippen molar-refractivity contribution >= 4 is 71.6 Å². The third kappa shape index (κ3) is 5.20. The van der Waals surface area contributed by atoms with Crippen LogP contribution in [0, 0.1) is 0 Å². The fraction of sp³-hybridized carbons (Fsp3) is 0. The Morgan fingerprint density at radius 2 is 0.927 bits per heavy atom. The van der Waals surface area contributed by atoms with Gasteiger partial charge in [0.25, 0.3) is 0 Å². The van der Waals surface area contributed by atoms with Crippen molar-refractivity contribution in [3.05, 3.63) is 206 Å². The van der Waals surface area contributed by atoms with Crippen molar-refractivity contribution in [3.8, 4) is 27.9 Å². The first kappa shape index (κ1) is 31.2. The van der Waals surface area contributed by atoms with Crippen molar-refractivity contribution < 1.29 is 4.42 Å². The van der Waals surface area contributed by atoms with E-state index in [2.05, 4.69) is 204 Å². The molecule has 0 amide bonds. The highest BCUT2D eigenvalue weighted by Gasteiger charge is 2.21. The van der Waals surface area contributed by atoms with E-state index >= 15 is 0 Å². The fourth-order valence-corrected chi connectivity index (χ4v) is 8.35. The van der Waals surface area contributed by atoms with Gasteiger partial charge >= 0.3 is 0 Å². The Morgan fingerprint density at radius 1 is 0.345 bits per heavy atom. The highest BCUT2D eigenvalue weighted by molar-refractivity contribution is 6.10. The van der Waals surface area contributed by atoms with Crippen LogP contribution in [0.15, 0.2) is 211 Å². The van der Waals surface area contributed by atoms with Crippen LogP contribution in [0.5, 0.6) is 0 Å². The molecule has 9 aromatic carbocycles. The number of anilines is 3. The van der Waals surface area contributed by atoms with Crippen LogP contribution in [-0.4, -0.2) is 4.57 Å². The number of rotatable bonds is 6. The average molecular weight is 703 g/mol. The van der Waals surface area contributed by atoms with E-state index in [1.807, 2.05) is 12.1 Å². The summed E-state index contributed by atoms with van der Waals surface area (Å²) in [7, 11) is 0. The Balaban J connectivity index is 1.07. The smallest absolute Gasteiger partial charge is 0.135 e. The van der Waals surface area contributed by atoms with Crippen LogP contribution in [-0.2, 0) is 0 Å². The Kier molecular flexibility index (Phi) is 7.17. The molecule has 3 heteroatoms. The number of aromatic nitrogens is 1. The van der Waals surface area contributed by atoms with Crippen molar-refractivity contribution in [3.63, 3.8) is 0 Å². The van der Waals surface area contributed by atoms with Crippen molar-refractivity contribution in [2.45, 2.75) is 0 Å². The van der Waals surface area contributed by atoms with Crippen molar-refractivity contribution in [2.24, 2.45) is 0 Å². The largest absolute Gasteiger partial charge is 0.456 e. The summed E-state index contributed by atoms with van der Waals surface area (Å²) in [6.07, 6.45) is 0. The van der Waals surface area contributed by atoms with E-state index < -0.39 is 0 Å². The molecule has 0 aliphatic rings.